The molecule has 16 heavy (non-hydrogen) atoms. The molecule has 0 aromatic rings. The molecule has 0 spiro atoms. The van der Waals surface area contributed by atoms with E-state index < -0.39 is 0 Å². The summed E-state index contributed by atoms with van der Waals surface area (Å²) >= 11 is 0. The number of nitroso groups, excluding NO2 is 1. The van der Waals surface area contributed by atoms with E-state index in [1.165, 1.54) is 5.01 Å². The van der Waals surface area contributed by atoms with Gasteiger partial charge in [0.2, 0.25) is 0 Å². The number of hydrogen-bond donors (Lipinski definition) is 0. The second kappa shape index (κ2) is 3.15. The van der Waals surface area contributed by atoms with Crippen molar-refractivity contribution in [1.82, 2.24) is 5.01 Å². The Morgan fingerprint density at radius 2 is 2.06 bits per heavy atom. The molecule has 0 aromatic heterocycles. The van der Waals surface area contributed by atoms with Gasteiger partial charge < -0.3 is 0 Å². The lowest BCUT2D eigenvalue weighted by atomic mass is 9.60. The third kappa shape index (κ3) is 1.13. The van der Waals surface area contributed by atoms with E-state index in [9.17, 15) is 9.70 Å². The van der Waals surface area contributed by atoms with E-state index >= 15 is 0 Å². The highest BCUT2D eigenvalue weighted by atomic mass is 16.3. The highest BCUT2D eigenvalue weighted by Crippen LogP contribution is 2.61. The van der Waals surface area contributed by atoms with Gasteiger partial charge in [0.1, 0.15) is 0 Å². The smallest absolute Gasteiger partial charge is 0.163 e. The molecular formula is C12H18N2O2. The number of nitrogens with zero attached hydrogens (tertiary/aromatic N) is 2. The van der Waals surface area contributed by atoms with E-state index in [1.807, 2.05) is 6.92 Å². The first kappa shape index (κ1) is 11.3. The number of carbonyl (C=O) groups excluding carboxylic acids is 1. The van der Waals surface area contributed by atoms with E-state index in [0.717, 1.165) is 18.5 Å². The molecule has 0 aliphatic heterocycles. The number of allylic oxidation sites excluding steroid dienone is 2. The standard InChI is InChI=1S/C12H18N2O2/c1-11(2)8-5-6-12(11,3)10(15)7-9(8)14(4)13-16/h7-8H,5-6H2,1-4H3/t8-,12-/m1/s1. The van der Waals surface area contributed by atoms with Crippen LogP contribution in [0.2, 0.25) is 0 Å². The van der Waals surface area contributed by atoms with Gasteiger partial charge in [0, 0.05) is 30.2 Å². The summed E-state index contributed by atoms with van der Waals surface area (Å²) in [5.41, 5.74) is 0.415. The van der Waals surface area contributed by atoms with Crippen molar-refractivity contribution in [3.8, 4) is 0 Å². The monoisotopic (exact) mass is 222 g/mol. The Morgan fingerprint density at radius 1 is 1.44 bits per heavy atom. The molecule has 4 heteroatoms. The van der Waals surface area contributed by atoms with Crippen LogP contribution in [-0.4, -0.2) is 17.8 Å². The summed E-state index contributed by atoms with van der Waals surface area (Å²) in [5.74, 6) is 0.398. The van der Waals surface area contributed by atoms with Gasteiger partial charge in [0.15, 0.2) is 5.78 Å². The van der Waals surface area contributed by atoms with Crippen molar-refractivity contribution in [3.05, 3.63) is 16.7 Å². The first-order valence-electron chi connectivity index (χ1n) is 5.67. The maximum Gasteiger partial charge on any atom is 0.163 e. The molecule has 0 saturated heterocycles. The predicted molar refractivity (Wildman–Crippen MR) is 61.3 cm³/mol. The number of fused-ring (bicyclic) bond motifs is 2. The van der Waals surface area contributed by atoms with Crippen LogP contribution in [0.3, 0.4) is 0 Å². The molecule has 2 atom stereocenters. The second-order valence-corrected chi connectivity index (χ2v) is 5.68. The molecule has 0 aromatic carbocycles. The highest BCUT2D eigenvalue weighted by molar-refractivity contribution is 5.97. The van der Waals surface area contributed by atoms with Crippen LogP contribution in [-0.2, 0) is 4.79 Å². The third-order valence-electron chi connectivity index (χ3n) is 4.90. The summed E-state index contributed by atoms with van der Waals surface area (Å²) in [6, 6.07) is 0. The van der Waals surface area contributed by atoms with Crippen molar-refractivity contribution < 1.29 is 4.79 Å². The number of ketones is 1. The largest absolute Gasteiger partial charge is 0.294 e. The van der Waals surface area contributed by atoms with Crippen molar-refractivity contribution in [2.75, 3.05) is 7.05 Å². The molecule has 2 aliphatic rings. The Kier molecular flexibility index (Phi) is 2.23. The third-order valence-corrected chi connectivity index (χ3v) is 4.90. The predicted octanol–water partition coefficient (Wildman–Crippen LogP) is 2.51. The molecule has 0 N–H and O–H groups in total. The summed E-state index contributed by atoms with van der Waals surface area (Å²) < 4.78 is 0. The lowest BCUT2D eigenvalue weighted by Gasteiger charge is -2.44. The van der Waals surface area contributed by atoms with E-state index in [1.54, 1.807) is 13.1 Å². The molecular weight excluding hydrogens is 204 g/mol. The van der Waals surface area contributed by atoms with Crippen LogP contribution < -0.4 is 0 Å². The summed E-state index contributed by atoms with van der Waals surface area (Å²) in [7, 11) is 1.61. The van der Waals surface area contributed by atoms with Gasteiger partial charge in [-0.05, 0) is 18.3 Å². The van der Waals surface area contributed by atoms with Gasteiger partial charge in [-0.1, -0.05) is 20.8 Å². The van der Waals surface area contributed by atoms with E-state index in [0.29, 0.717) is 0 Å². The van der Waals surface area contributed by atoms with Crippen LogP contribution in [0.5, 0.6) is 0 Å². The average molecular weight is 222 g/mol. The molecule has 2 bridgehead atoms. The normalized spacial score (nSPS) is 35.9. The van der Waals surface area contributed by atoms with Crippen molar-refractivity contribution in [2.45, 2.75) is 33.6 Å². The van der Waals surface area contributed by atoms with Crippen LogP contribution in [0.15, 0.2) is 17.1 Å². The maximum atomic E-state index is 12.2. The van der Waals surface area contributed by atoms with Crippen molar-refractivity contribution in [3.63, 3.8) is 0 Å². The Morgan fingerprint density at radius 3 is 2.62 bits per heavy atom. The van der Waals surface area contributed by atoms with Crippen LogP contribution >= 0.6 is 0 Å². The van der Waals surface area contributed by atoms with Gasteiger partial charge >= 0.3 is 0 Å². The maximum absolute atomic E-state index is 12.2. The summed E-state index contributed by atoms with van der Waals surface area (Å²) in [4.78, 5) is 22.8. The molecule has 88 valence electrons. The molecule has 1 saturated carbocycles. The number of rotatable bonds is 2. The first-order valence-corrected chi connectivity index (χ1v) is 5.67. The zero-order chi connectivity index (χ0) is 12.1. The highest BCUT2D eigenvalue weighted by Gasteiger charge is 2.59. The minimum absolute atomic E-state index is 0.0902. The fourth-order valence-corrected chi connectivity index (χ4v) is 3.22. The second-order valence-electron chi connectivity index (χ2n) is 5.68. The zero-order valence-corrected chi connectivity index (χ0v) is 10.3. The quantitative estimate of drug-likeness (QED) is 0.533. The van der Waals surface area contributed by atoms with Crippen LogP contribution in [0.1, 0.15) is 33.6 Å². The van der Waals surface area contributed by atoms with Gasteiger partial charge in [-0.3, -0.25) is 4.79 Å². The fourth-order valence-electron chi connectivity index (χ4n) is 3.22. The SMILES string of the molecule is CN(N=O)C1=CC(=O)[C@@]2(C)CC[C@H]1C2(C)C. The topological polar surface area (TPSA) is 49.7 Å². The van der Waals surface area contributed by atoms with Gasteiger partial charge in [-0.2, -0.15) is 0 Å². The summed E-state index contributed by atoms with van der Waals surface area (Å²) in [5, 5.41) is 4.22. The van der Waals surface area contributed by atoms with Gasteiger partial charge in [-0.15, -0.1) is 4.91 Å². The Balaban J connectivity index is 2.51. The molecule has 2 aliphatic carbocycles. The lowest BCUT2D eigenvalue weighted by Crippen LogP contribution is -2.45. The zero-order valence-electron chi connectivity index (χ0n) is 10.3. The Hall–Kier alpha value is -1.19. The average Bonchev–Trinajstić information content (AvgIpc) is 2.38. The van der Waals surface area contributed by atoms with E-state index in [2.05, 4.69) is 19.1 Å². The summed E-state index contributed by atoms with van der Waals surface area (Å²) in [6.45, 7) is 6.28. The Bertz CT molecular complexity index is 386. The Labute approximate surface area is 95.6 Å². The first-order chi connectivity index (χ1) is 7.34. The minimum atomic E-state index is -0.273. The molecule has 0 radical (unpaired) electrons. The van der Waals surface area contributed by atoms with Crippen LogP contribution in [0.4, 0.5) is 0 Å². The fraction of sp³-hybridized carbons (Fsp3) is 0.750. The van der Waals surface area contributed by atoms with Gasteiger partial charge in [-0.25, -0.2) is 5.01 Å². The minimum Gasteiger partial charge on any atom is -0.294 e. The van der Waals surface area contributed by atoms with Crippen molar-refractivity contribution >= 4 is 5.78 Å². The molecule has 0 amide bonds. The van der Waals surface area contributed by atoms with Crippen LogP contribution in [0.25, 0.3) is 0 Å². The summed E-state index contributed by atoms with van der Waals surface area (Å²) in [6.07, 6.45) is 3.47. The van der Waals surface area contributed by atoms with Crippen molar-refractivity contribution in [1.29, 1.82) is 0 Å². The van der Waals surface area contributed by atoms with Crippen molar-refractivity contribution in [2.24, 2.45) is 22.0 Å². The van der Waals surface area contributed by atoms with Gasteiger partial charge in [0.25, 0.3) is 0 Å². The van der Waals surface area contributed by atoms with Gasteiger partial charge in [0.05, 0.1) is 5.29 Å². The number of hydrogen-bond acceptors (Lipinski definition) is 3. The molecule has 2 rings (SSSR count). The molecule has 0 heterocycles. The van der Waals surface area contributed by atoms with Crippen LogP contribution in [0, 0.1) is 21.7 Å². The molecule has 1 fully saturated rings. The lowest BCUT2D eigenvalue weighted by molar-refractivity contribution is -0.129. The van der Waals surface area contributed by atoms with E-state index in [-0.39, 0.29) is 22.5 Å². The molecule has 0 unspecified atom stereocenters. The number of carbonyl (C=O) groups is 1. The van der Waals surface area contributed by atoms with E-state index in [4.69, 9.17) is 0 Å². The molecule has 4 nitrogen and oxygen atoms in total.